The summed E-state index contributed by atoms with van der Waals surface area (Å²) in [6.45, 7) is 0. The van der Waals surface area contributed by atoms with Crippen LogP contribution in [0.3, 0.4) is 0 Å². The Balaban J connectivity index is -0.000000193. The van der Waals surface area contributed by atoms with Crippen molar-refractivity contribution in [3.8, 4) is 0 Å². The molecule has 0 amide bonds. The largest absolute Gasteiger partial charge is 2.00 e. The minimum atomic E-state index is -4.69. The summed E-state index contributed by atoms with van der Waals surface area (Å²) in [5, 5.41) is 0. The Morgan fingerprint density at radius 2 is 0.895 bits per heavy atom. The van der Waals surface area contributed by atoms with Gasteiger partial charge in [-0.25, -0.2) is 0 Å². The number of hydrogen-bond donors (Lipinski definition) is 1. The van der Waals surface area contributed by atoms with E-state index in [0.717, 1.165) is 0 Å². The van der Waals surface area contributed by atoms with Gasteiger partial charge in [0, 0.05) is 0 Å². The summed E-state index contributed by atoms with van der Waals surface area (Å²) in [6, 6.07) is 25.0. The molecule has 0 spiro atoms. The van der Waals surface area contributed by atoms with Gasteiger partial charge in [-0.2, -0.15) is 96.7 Å². The Kier molecular flexibility index (Phi) is 19.6. The Hall–Kier alpha value is -0.377. The van der Waals surface area contributed by atoms with E-state index in [0.29, 0.717) is 0 Å². The van der Waals surface area contributed by atoms with Gasteiger partial charge in [0.15, 0.2) is 0 Å². The third kappa shape index (κ3) is 31.8. The fourth-order valence-electron chi connectivity index (χ4n) is 0.684. The quantitative estimate of drug-likeness (QED) is 0.351. The van der Waals surface area contributed by atoms with Crippen molar-refractivity contribution in [1.29, 1.82) is 0 Å². The van der Waals surface area contributed by atoms with Crippen molar-refractivity contribution in [3.05, 3.63) is 72.8 Å². The molecule has 0 saturated carbocycles. The van der Waals surface area contributed by atoms with Gasteiger partial charge in [-0.1, -0.05) is 0 Å². The van der Waals surface area contributed by atoms with E-state index < -0.39 is 10.2 Å². The first-order valence-electron chi connectivity index (χ1n) is 4.45. The number of benzene rings is 2. The Morgan fingerprint density at radius 3 is 0.947 bits per heavy atom. The zero-order valence-electron chi connectivity index (χ0n) is 9.86. The van der Waals surface area contributed by atoms with Crippen LogP contribution < -0.4 is 14.0 Å². The molecule has 107 valence electrons. The van der Waals surface area contributed by atoms with Gasteiger partial charge in [0.05, 0.1) is 14.9 Å². The molecular formula is C12H14ClO4PRh. The van der Waals surface area contributed by atoms with Crippen molar-refractivity contribution in [3.63, 3.8) is 0 Å². The van der Waals surface area contributed by atoms with Crippen LogP contribution >= 0.6 is 9.90 Å². The molecule has 0 saturated heterocycles. The predicted octanol–water partition coefficient (Wildman–Crippen LogP) is -1.09. The molecule has 1 radical (unpaired) electrons. The molecule has 1 N–H and O–H groups in total. The second-order valence-electron chi connectivity index (χ2n) is 2.55. The van der Waals surface area contributed by atoms with Crippen LogP contribution in [0.5, 0.6) is 0 Å². The van der Waals surface area contributed by atoms with E-state index in [-0.39, 0.29) is 29.4 Å². The zero-order chi connectivity index (χ0) is 13.0. The van der Waals surface area contributed by atoms with E-state index in [1.807, 2.05) is 60.7 Å². The third-order valence-corrected chi connectivity index (χ3v) is 1.21. The maximum atomic E-state index is 8.60. The summed E-state index contributed by atoms with van der Waals surface area (Å²) in [6.07, 6.45) is 0. The van der Waals surface area contributed by atoms with Crippen molar-refractivity contribution < 1.29 is 48.4 Å². The second-order valence-corrected chi connectivity index (χ2v) is 3.34. The average Bonchev–Trinajstić information content (AvgIpc) is 2.32. The molecule has 2 rings (SSSR count). The smallest absolute Gasteiger partial charge is 0.184 e. The molecule has 1 atom stereocenters. The summed E-state index contributed by atoms with van der Waals surface area (Å²) in [4.78, 5) is 0. The van der Waals surface area contributed by atoms with E-state index in [1.54, 1.807) is 0 Å². The molecule has 0 heterocycles. The van der Waals surface area contributed by atoms with Crippen LogP contribution in [0.2, 0.25) is 0 Å². The molecule has 0 aliphatic rings. The van der Waals surface area contributed by atoms with Crippen LogP contribution in [0.4, 0.5) is 0 Å². The van der Waals surface area contributed by atoms with Gasteiger partial charge in [-0.15, -0.1) is 0 Å². The van der Waals surface area contributed by atoms with Crippen LogP contribution in [-0.4, -0.2) is 4.66 Å². The number of rotatable bonds is 0. The van der Waals surface area contributed by atoms with Crippen molar-refractivity contribution >= 4 is 9.90 Å². The normalized spacial score (nSPS) is 8.21. The standard InChI is InChI=1S/2C6H5.ClHO4.H3P.Rh/c2*1-2-4-6-5-3-1;2-1(3,4)5;;/h2*1-5H;(H,2,3,4,5);1H3;/q2*-1;;;+2. The van der Waals surface area contributed by atoms with Gasteiger partial charge in [-0.3, -0.25) is 0 Å². The summed E-state index contributed by atoms with van der Waals surface area (Å²) < 4.78 is 32.7. The number of halogens is 1. The van der Waals surface area contributed by atoms with Gasteiger partial charge in [0.1, 0.15) is 0 Å². The molecule has 19 heavy (non-hydrogen) atoms. The van der Waals surface area contributed by atoms with E-state index in [9.17, 15) is 0 Å². The topological polar surface area (TPSA) is 89.4 Å². The molecule has 7 heteroatoms. The Bertz CT molecular complexity index is 268. The second kappa shape index (κ2) is 15.7. The van der Waals surface area contributed by atoms with Crippen molar-refractivity contribution in [2.24, 2.45) is 0 Å². The fraction of sp³-hybridized carbons (Fsp3) is 0. The van der Waals surface area contributed by atoms with Crippen LogP contribution in [0.15, 0.2) is 60.7 Å². The minimum absolute atomic E-state index is 0. The summed E-state index contributed by atoms with van der Waals surface area (Å²) in [5.41, 5.74) is 0. The third-order valence-electron chi connectivity index (χ3n) is 1.21. The first-order chi connectivity index (χ1) is 8.00. The first kappa shape index (κ1) is 23.7. The molecule has 0 aliphatic carbocycles. The van der Waals surface area contributed by atoms with Gasteiger partial charge in [-0.05, 0) is 0 Å². The summed E-state index contributed by atoms with van der Waals surface area (Å²) in [7, 11) is -4.69. The molecule has 4 nitrogen and oxygen atoms in total. The van der Waals surface area contributed by atoms with Crippen molar-refractivity contribution in [1.82, 2.24) is 0 Å². The summed E-state index contributed by atoms with van der Waals surface area (Å²) >= 11 is 0. The maximum absolute atomic E-state index is 8.60. The number of hydrogen-bond acceptors (Lipinski definition) is 4. The van der Waals surface area contributed by atoms with Crippen LogP contribution in [0, 0.1) is 22.4 Å². The average molecular weight is 392 g/mol. The fourth-order valence-corrected chi connectivity index (χ4v) is 0.684. The molecular weight excluding hydrogens is 377 g/mol. The predicted molar refractivity (Wildman–Crippen MR) is 63.9 cm³/mol. The van der Waals surface area contributed by atoms with Crippen molar-refractivity contribution in [2.75, 3.05) is 0 Å². The minimum Gasteiger partial charge on any atom is -0.184 e. The van der Waals surface area contributed by atoms with E-state index in [2.05, 4.69) is 12.1 Å². The molecule has 2 aromatic carbocycles. The van der Waals surface area contributed by atoms with E-state index in [1.165, 1.54) is 0 Å². The zero-order valence-corrected chi connectivity index (χ0v) is 13.7. The monoisotopic (exact) mass is 391 g/mol. The molecule has 0 bridgehead atoms. The van der Waals surface area contributed by atoms with Crippen LogP contribution in [0.1, 0.15) is 0 Å². The Morgan fingerprint density at radius 1 is 0.684 bits per heavy atom. The van der Waals surface area contributed by atoms with Gasteiger partial charge < -0.3 is 0 Å². The Labute approximate surface area is 131 Å². The molecule has 0 fully saturated rings. The van der Waals surface area contributed by atoms with Crippen LogP contribution in [-0.2, 0) is 19.5 Å². The van der Waals surface area contributed by atoms with Gasteiger partial charge in [0.2, 0.25) is 0 Å². The first-order valence-corrected chi connectivity index (χ1v) is 5.72. The van der Waals surface area contributed by atoms with Gasteiger partial charge >= 0.3 is 19.5 Å². The molecule has 0 aromatic heterocycles. The van der Waals surface area contributed by atoms with Gasteiger partial charge in [0.25, 0.3) is 0 Å². The maximum Gasteiger partial charge on any atom is 2.00 e. The van der Waals surface area contributed by atoms with E-state index >= 15 is 0 Å². The molecule has 2 aromatic rings. The SMILES string of the molecule is P.[O-][Cl+3]([O-])([O-])O.[Rh+2].[c-]1ccccc1.[c-]1ccccc1. The van der Waals surface area contributed by atoms with Crippen LogP contribution in [0.25, 0.3) is 0 Å². The van der Waals surface area contributed by atoms with E-state index in [4.69, 9.17) is 18.6 Å². The molecule has 1 unspecified atom stereocenters. The van der Waals surface area contributed by atoms with Crippen molar-refractivity contribution in [2.45, 2.75) is 0 Å². The summed E-state index contributed by atoms with van der Waals surface area (Å²) in [5.74, 6) is 0. The molecule has 0 aliphatic heterocycles.